The number of aromatic nitrogens is 3. The van der Waals surface area contributed by atoms with E-state index in [1.54, 1.807) is 17.3 Å². The van der Waals surface area contributed by atoms with Crippen molar-refractivity contribution in [1.29, 1.82) is 0 Å². The van der Waals surface area contributed by atoms with Gasteiger partial charge in [-0.05, 0) is 24.6 Å². The van der Waals surface area contributed by atoms with Gasteiger partial charge in [0.15, 0.2) is 0 Å². The Morgan fingerprint density at radius 3 is 2.84 bits per heavy atom. The van der Waals surface area contributed by atoms with Gasteiger partial charge in [-0.2, -0.15) is 0 Å². The van der Waals surface area contributed by atoms with Gasteiger partial charge in [0.1, 0.15) is 5.01 Å². The lowest BCUT2D eigenvalue weighted by Crippen LogP contribution is -2.25. The Bertz CT molecular complexity index is 585. The van der Waals surface area contributed by atoms with E-state index in [0.29, 0.717) is 24.6 Å². The largest absolute Gasteiger partial charge is 0.330 e. The second kappa shape index (κ2) is 5.02. The first kappa shape index (κ1) is 12.2. The highest BCUT2D eigenvalue weighted by atomic mass is 32.1. The Morgan fingerprint density at radius 1 is 1.37 bits per heavy atom. The third-order valence-corrected chi connectivity index (χ3v) is 4.11. The molecule has 2 N–H and O–H groups in total. The van der Waals surface area contributed by atoms with E-state index in [1.165, 1.54) is 11.3 Å². The molecule has 2 aromatic rings. The Balaban J connectivity index is 1.84. The molecule has 0 radical (unpaired) electrons. The second-order valence-corrected chi connectivity index (χ2v) is 5.39. The van der Waals surface area contributed by atoms with E-state index >= 15 is 0 Å². The van der Waals surface area contributed by atoms with E-state index in [2.05, 4.69) is 15.2 Å². The minimum absolute atomic E-state index is 0.0767. The van der Waals surface area contributed by atoms with E-state index in [-0.39, 0.29) is 11.8 Å². The summed E-state index contributed by atoms with van der Waals surface area (Å²) in [7, 11) is 0. The van der Waals surface area contributed by atoms with Gasteiger partial charge in [0.2, 0.25) is 11.0 Å². The number of carbonyl (C=O) groups is 1. The summed E-state index contributed by atoms with van der Waals surface area (Å²) in [5.74, 6) is 0.300. The number of carbonyl (C=O) groups excluding carboxylic acids is 1. The average Bonchev–Trinajstić information content (AvgIpc) is 3.06. The average molecular weight is 275 g/mol. The maximum absolute atomic E-state index is 11.9. The minimum Gasteiger partial charge on any atom is -0.330 e. The summed E-state index contributed by atoms with van der Waals surface area (Å²) in [6, 6.07) is 3.75. The van der Waals surface area contributed by atoms with Crippen LogP contribution in [-0.4, -0.2) is 34.2 Å². The number of hydrogen-bond donors (Lipinski definition) is 1. The van der Waals surface area contributed by atoms with Crippen molar-refractivity contribution in [3.63, 3.8) is 0 Å². The monoisotopic (exact) mass is 275 g/mol. The van der Waals surface area contributed by atoms with Crippen LogP contribution < -0.4 is 10.6 Å². The third-order valence-electron chi connectivity index (χ3n) is 3.11. The molecule has 1 amide bonds. The Labute approximate surface area is 114 Å². The maximum atomic E-state index is 11.9. The number of nitrogens with zero attached hydrogens (tertiary/aromatic N) is 4. The van der Waals surface area contributed by atoms with Crippen molar-refractivity contribution in [3.05, 3.63) is 24.5 Å². The number of amides is 1. The van der Waals surface area contributed by atoms with Crippen LogP contribution in [0.25, 0.3) is 10.6 Å². The van der Waals surface area contributed by atoms with Crippen molar-refractivity contribution < 1.29 is 4.79 Å². The molecular weight excluding hydrogens is 262 g/mol. The van der Waals surface area contributed by atoms with E-state index in [4.69, 9.17) is 5.73 Å². The van der Waals surface area contributed by atoms with Gasteiger partial charge in [-0.15, -0.1) is 10.2 Å². The van der Waals surface area contributed by atoms with E-state index in [1.807, 2.05) is 12.1 Å². The smallest absolute Gasteiger partial charge is 0.229 e. The number of pyridine rings is 1. The zero-order chi connectivity index (χ0) is 13.2. The molecule has 7 heteroatoms. The van der Waals surface area contributed by atoms with Crippen molar-refractivity contribution in [2.75, 3.05) is 18.0 Å². The van der Waals surface area contributed by atoms with Crippen LogP contribution in [-0.2, 0) is 4.79 Å². The lowest BCUT2D eigenvalue weighted by atomic mass is 10.1. The first-order valence-corrected chi connectivity index (χ1v) is 6.84. The van der Waals surface area contributed by atoms with Crippen molar-refractivity contribution in [2.45, 2.75) is 6.42 Å². The van der Waals surface area contributed by atoms with E-state index in [0.717, 1.165) is 10.6 Å². The van der Waals surface area contributed by atoms with Crippen molar-refractivity contribution in [3.8, 4) is 10.6 Å². The molecule has 19 heavy (non-hydrogen) atoms. The van der Waals surface area contributed by atoms with Crippen LogP contribution in [0.1, 0.15) is 6.42 Å². The number of hydrogen-bond acceptors (Lipinski definition) is 6. The van der Waals surface area contributed by atoms with Gasteiger partial charge in [0.25, 0.3) is 0 Å². The van der Waals surface area contributed by atoms with Gasteiger partial charge in [-0.1, -0.05) is 11.3 Å². The van der Waals surface area contributed by atoms with Gasteiger partial charge in [0.05, 0.1) is 0 Å². The standard InChI is InChI=1S/C12H13N5OS/c13-6-8-5-10(18)17(7-8)12-16-15-11(19-12)9-1-3-14-4-2-9/h1-4,8H,5-7,13H2. The molecule has 1 fully saturated rings. The molecule has 1 aliphatic rings. The Morgan fingerprint density at radius 2 is 2.16 bits per heavy atom. The molecule has 3 heterocycles. The summed E-state index contributed by atoms with van der Waals surface area (Å²) >= 11 is 1.41. The van der Waals surface area contributed by atoms with E-state index < -0.39 is 0 Å². The van der Waals surface area contributed by atoms with Gasteiger partial charge in [-0.3, -0.25) is 14.7 Å². The van der Waals surface area contributed by atoms with Crippen molar-refractivity contribution in [2.24, 2.45) is 11.7 Å². The highest BCUT2D eigenvalue weighted by Crippen LogP contribution is 2.31. The third kappa shape index (κ3) is 2.34. The minimum atomic E-state index is 0.0767. The fourth-order valence-electron chi connectivity index (χ4n) is 2.06. The van der Waals surface area contributed by atoms with Crippen LogP contribution in [0, 0.1) is 5.92 Å². The fourth-order valence-corrected chi connectivity index (χ4v) is 2.94. The summed E-state index contributed by atoms with van der Waals surface area (Å²) in [4.78, 5) is 17.5. The fraction of sp³-hybridized carbons (Fsp3) is 0.333. The molecule has 1 atom stereocenters. The molecule has 6 nitrogen and oxygen atoms in total. The quantitative estimate of drug-likeness (QED) is 0.900. The molecule has 0 aliphatic carbocycles. The van der Waals surface area contributed by atoms with Gasteiger partial charge < -0.3 is 5.73 Å². The molecule has 0 bridgehead atoms. The van der Waals surface area contributed by atoms with Crippen LogP contribution in [0.5, 0.6) is 0 Å². The highest BCUT2D eigenvalue weighted by molar-refractivity contribution is 7.18. The zero-order valence-electron chi connectivity index (χ0n) is 10.2. The van der Waals surface area contributed by atoms with Gasteiger partial charge in [-0.25, -0.2) is 0 Å². The molecule has 98 valence electrons. The van der Waals surface area contributed by atoms with Crippen LogP contribution in [0.4, 0.5) is 5.13 Å². The number of nitrogens with two attached hydrogens (primary N) is 1. The normalized spacial score (nSPS) is 19.1. The Hall–Kier alpha value is -1.86. The van der Waals surface area contributed by atoms with Crippen LogP contribution in [0.15, 0.2) is 24.5 Å². The summed E-state index contributed by atoms with van der Waals surface area (Å²) < 4.78 is 0. The maximum Gasteiger partial charge on any atom is 0.229 e. The molecular formula is C12H13N5OS. The lowest BCUT2D eigenvalue weighted by molar-refractivity contribution is -0.117. The first-order valence-electron chi connectivity index (χ1n) is 6.02. The molecule has 2 aromatic heterocycles. The molecule has 1 unspecified atom stereocenters. The molecule has 0 aromatic carbocycles. The highest BCUT2D eigenvalue weighted by Gasteiger charge is 2.31. The van der Waals surface area contributed by atoms with Crippen LogP contribution >= 0.6 is 11.3 Å². The lowest BCUT2D eigenvalue weighted by Gasteiger charge is -2.10. The number of anilines is 1. The molecule has 0 saturated carbocycles. The molecule has 3 rings (SSSR count). The topological polar surface area (TPSA) is 85.0 Å². The van der Waals surface area contributed by atoms with Crippen LogP contribution in [0.3, 0.4) is 0 Å². The number of rotatable bonds is 3. The summed E-state index contributed by atoms with van der Waals surface area (Å²) in [6.45, 7) is 1.17. The first-order chi connectivity index (χ1) is 9.28. The van der Waals surface area contributed by atoms with Gasteiger partial charge >= 0.3 is 0 Å². The summed E-state index contributed by atoms with van der Waals surface area (Å²) in [5, 5.41) is 9.68. The van der Waals surface area contributed by atoms with Crippen molar-refractivity contribution >= 4 is 22.4 Å². The van der Waals surface area contributed by atoms with Crippen molar-refractivity contribution in [1.82, 2.24) is 15.2 Å². The summed E-state index contributed by atoms with van der Waals surface area (Å²) in [6.07, 6.45) is 3.92. The molecule has 0 spiro atoms. The SMILES string of the molecule is NCC1CC(=O)N(c2nnc(-c3ccncc3)s2)C1. The molecule has 1 saturated heterocycles. The predicted octanol–water partition coefficient (Wildman–Crippen LogP) is 0.912. The second-order valence-electron chi connectivity index (χ2n) is 4.44. The molecule has 1 aliphatic heterocycles. The van der Waals surface area contributed by atoms with E-state index in [9.17, 15) is 4.79 Å². The van der Waals surface area contributed by atoms with Crippen LogP contribution in [0.2, 0.25) is 0 Å². The zero-order valence-corrected chi connectivity index (χ0v) is 11.0. The predicted molar refractivity (Wildman–Crippen MR) is 72.7 cm³/mol. The summed E-state index contributed by atoms with van der Waals surface area (Å²) in [5.41, 5.74) is 6.57. The van der Waals surface area contributed by atoms with Gasteiger partial charge in [0, 0.05) is 30.9 Å². The Kier molecular flexibility index (Phi) is 3.22.